The maximum Gasteiger partial charge on any atom is 0.243 e. The van der Waals surface area contributed by atoms with Crippen LogP contribution in [0.3, 0.4) is 0 Å². The van der Waals surface area contributed by atoms with Crippen LogP contribution in [-0.4, -0.2) is 55.6 Å². The molecule has 0 aliphatic heterocycles. The predicted molar refractivity (Wildman–Crippen MR) is 126 cm³/mol. The van der Waals surface area contributed by atoms with Gasteiger partial charge in [-0.3, -0.25) is 9.59 Å². The first kappa shape index (κ1) is 25.8. The summed E-state index contributed by atoms with van der Waals surface area (Å²) in [6.45, 7) is 5.82. The Morgan fingerprint density at radius 1 is 1.09 bits per heavy atom. The first-order chi connectivity index (χ1) is 15.1. The fourth-order valence-corrected chi connectivity index (χ4v) is 4.62. The van der Waals surface area contributed by atoms with Crippen molar-refractivity contribution in [3.8, 4) is 0 Å². The van der Waals surface area contributed by atoms with Gasteiger partial charge in [0.1, 0.15) is 6.04 Å². The first-order valence-corrected chi connectivity index (χ1v) is 12.3. The van der Waals surface area contributed by atoms with E-state index in [0.29, 0.717) is 18.0 Å². The molecule has 0 aliphatic carbocycles. The summed E-state index contributed by atoms with van der Waals surface area (Å²) < 4.78 is 26.8. The van der Waals surface area contributed by atoms with E-state index < -0.39 is 28.5 Å². The number of sulfonamides is 1. The van der Waals surface area contributed by atoms with Crippen molar-refractivity contribution in [2.75, 3.05) is 20.1 Å². The van der Waals surface area contributed by atoms with Gasteiger partial charge in [-0.15, -0.1) is 0 Å². The highest BCUT2D eigenvalue weighted by Crippen LogP contribution is 2.19. The molecular formula is C23H30ClN3O4S. The van der Waals surface area contributed by atoms with Gasteiger partial charge in [0.05, 0.1) is 11.4 Å². The molecule has 0 fully saturated rings. The molecule has 0 saturated heterocycles. The van der Waals surface area contributed by atoms with E-state index in [1.165, 1.54) is 36.2 Å². The molecular weight excluding hydrogens is 450 g/mol. The van der Waals surface area contributed by atoms with Gasteiger partial charge in [0, 0.05) is 25.2 Å². The van der Waals surface area contributed by atoms with Gasteiger partial charge >= 0.3 is 0 Å². The van der Waals surface area contributed by atoms with Crippen molar-refractivity contribution in [3.63, 3.8) is 0 Å². The minimum absolute atomic E-state index is 0.0400. The van der Waals surface area contributed by atoms with E-state index in [9.17, 15) is 18.0 Å². The summed E-state index contributed by atoms with van der Waals surface area (Å²) in [6.07, 6.45) is 0.400. The standard InChI is InChI=1S/C23H30ClN3O4S/c1-5-21(23(29)25-6-2)27(15-18-9-7-8-17(3)14-18)22(28)16-26(4)32(30,31)20-12-10-19(24)11-13-20/h7-14,21H,5-6,15-16H2,1-4H3,(H,25,29)/t21-/m0/s1. The van der Waals surface area contributed by atoms with Crippen LogP contribution in [0.2, 0.25) is 5.02 Å². The third-order valence-corrected chi connectivity index (χ3v) is 7.12. The van der Waals surface area contributed by atoms with E-state index in [-0.39, 0.29) is 17.3 Å². The summed E-state index contributed by atoms with van der Waals surface area (Å²) in [5.41, 5.74) is 1.90. The highest BCUT2D eigenvalue weighted by atomic mass is 35.5. The highest BCUT2D eigenvalue weighted by Gasteiger charge is 2.31. The molecule has 0 unspecified atom stereocenters. The van der Waals surface area contributed by atoms with Gasteiger partial charge in [-0.25, -0.2) is 8.42 Å². The number of likely N-dealkylation sites (N-methyl/N-ethyl adjacent to an activating group) is 2. The molecule has 0 radical (unpaired) electrons. The third-order valence-electron chi connectivity index (χ3n) is 5.05. The second kappa shape index (κ2) is 11.4. The quantitative estimate of drug-likeness (QED) is 0.566. The number of aryl methyl sites for hydroxylation is 1. The molecule has 2 aromatic rings. The van der Waals surface area contributed by atoms with Crippen LogP contribution >= 0.6 is 11.6 Å². The average molecular weight is 480 g/mol. The molecule has 7 nitrogen and oxygen atoms in total. The van der Waals surface area contributed by atoms with Crippen molar-refractivity contribution >= 4 is 33.4 Å². The fourth-order valence-electron chi connectivity index (χ4n) is 3.37. The zero-order valence-electron chi connectivity index (χ0n) is 18.8. The SMILES string of the molecule is CCNC(=O)[C@H](CC)N(Cc1cccc(C)c1)C(=O)CN(C)S(=O)(=O)c1ccc(Cl)cc1. The van der Waals surface area contributed by atoms with Gasteiger partial charge in [0.15, 0.2) is 0 Å². The molecule has 0 saturated carbocycles. The van der Waals surface area contributed by atoms with Gasteiger partial charge in [0.25, 0.3) is 0 Å². The molecule has 0 spiro atoms. The number of rotatable bonds is 10. The summed E-state index contributed by atoms with van der Waals surface area (Å²) in [6, 6.07) is 12.7. The highest BCUT2D eigenvalue weighted by molar-refractivity contribution is 7.89. The van der Waals surface area contributed by atoms with Crippen LogP contribution in [0.4, 0.5) is 0 Å². The lowest BCUT2D eigenvalue weighted by molar-refractivity contribution is -0.141. The molecule has 1 atom stereocenters. The number of nitrogens with zero attached hydrogens (tertiary/aromatic N) is 2. The van der Waals surface area contributed by atoms with Crippen LogP contribution in [0, 0.1) is 6.92 Å². The van der Waals surface area contributed by atoms with E-state index in [4.69, 9.17) is 11.6 Å². The normalized spacial score (nSPS) is 12.4. The first-order valence-electron chi connectivity index (χ1n) is 10.4. The number of carbonyl (C=O) groups excluding carboxylic acids is 2. The molecule has 1 N–H and O–H groups in total. The summed E-state index contributed by atoms with van der Waals surface area (Å²) >= 11 is 5.85. The lowest BCUT2D eigenvalue weighted by Gasteiger charge is -2.32. The maximum atomic E-state index is 13.3. The molecule has 174 valence electrons. The number of amides is 2. The molecule has 0 aliphatic rings. The lowest BCUT2D eigenvalue weighted by Crippen LogP contribution is -2.51. The molecule has 2 aromatic carbocycles. The number of hydrogen-bond acceptors (Lipinski definition) is 4. The number of halogens is 1. The molecule has 9 heteroatoms. The van der Waals surface area contributed by atoms with E-state index in [1.54, 1.807) is 0 Å². The van der Waals surface area contributed by atoms with Crippen LogP contribution in [0.15, 0.2) is 53.4 Å². The Morgan fingerprint density at radius 3 is 2.31 bits per heavy atom. The molecule has 0 bridgehead atoms. The second-order valence-electron chi connectivity index (χ2n) is 7.54. The Bertz CT molecular complexity index is 1040. The molecule has 2 amide bonds. The van der Waals surface area contributed by atoms with E-state index in [0.717, 1.165) is 15.4 Å². The van der Waals surface area contributed by atoms with Crippen molar-refractivity contribution in [3.05, 3.63) is 64.7 Å². The Kier molecular flexibility index (Phi) is 9.24. The zero-order valence-corrected chi connectivity index (χ0v) is 20.4. The largest absolute Gasteiger partial charge is 0.355 e. The van der Waals surface area contributed by atoms with Crippen molar-refractivity contribution in [2.24, 2.45) is 0 Å². The topological polar surface area (TPSA) is 86.8 Å². The van der Waals surface area contributed by atoms with Crippen LogP contribution in [-0.2, 0) is 26.2 Å². The van der Waals surface area contributed by atoms with E-state index >= 15 is 0 Å². The van der Waals surface area contributed by atoms with Gasteiger partial charge in [-0.1, -0.05) is 48.4 Å². The number of carbonyl (C=O) groups is 2. The molecule has 0 aromatic heterocycles. The Morgan fingerprint density at radius 2 is 1.75 bits per heavy atom. The number of nitrogens with one attached hydrogen (secondary N) is 1. The maximum absolute atomic E-state index is 13.3. The zero-order chi connectivity index (χ0) is 23.9. The van der Waals surface area contributed by atoms with Crippen LogP contribution in [0.25, 0.3) is 0 Å². The van der Waals surface area contributed by atoms with Crippen LogP contribution < -0.4 is 5.32 Å². The van der Waals surface area contributed by atoms with Gasteiger partial charge < -0.3 is 10.2 Å². The lowest BCUT2D eigenvalue weighted by atomic mass is 10.1. The van der Waals surface area contributed by atoms with Crippen molar-refractivity contribution in [2.45, 2.75) is 44.7 Å². The molecule has 0 heterocycles. The second-order valence-corrected chi connectivity index (χ2v) is 10.0. The molecule has 2 rings (SSSR count). The third kappa shape index (κ3) is 6.54. The van der Waals surface area contributed by atoms with Gasteiger partial charge in [0.2, 0.25) is 21.8 Å². The minimum Gasteiger partial charge on any atom is -0.355 e. The average Bonchev–Trinajstić information content (AvgIpc) is 2.74. The summed E-state index contributed by atoms with van der Waals surface area (Å²) in [5.74, 6) is -0.719. The van der Waals surface area contributed by atoms with Gasteiger partial charge in [-0.05, 0) is 50.1 Å². The Hall–Kier alpha value is -2.42. The Balaban J connectivity index is 2.31. The molecule has 32 heavy (non-hydrogen) atoms. The summed E-state index contributed by atoms with van der Waals surface area (Å²) in [7, 11) is -2.55. The van der Waals surface area contributed by atoms with Crippen LogP contribution in [0.5, 0.6) is 0 Å². The van der Waals surface area contributed by atoms with Crippen molar-refractivity contribution in [1.82, 2.24) is 14.5 Å². The monoisotopic (exact) mass is 479 g/mol. The van der Waals surface area contributed by atoms with Crippen molar-refractivity contribution in [1.29, 1.82) is 0 Å². The number of hydrogen-bond donors (Lipinski definition) is 1. The van der Waals surface area contributed by atoms with Crippen molar-refractivity contribution < 1.29 is 18.0 Å². The van der Waals surface area contributed by atoms with Crippen LogP contribution in [0.1, 0.15) is 31.4 Å². The Labute approximate surface area is 195 Å². The van der Waals surface area contributed by atoms with E-state index in [2.05, 4.69) is 5.32 Å². The summed E-state index contributed by atoms with van der Waals surface area (Å²) in [4.78, 5) is 27.5. The fraction of sp³-hybridized carbons (Fsp3) is 0.391. The van der Waals surface area contributed by atoms with E-state index in [1.807, 2.05) is 45.0 Å². The summed E-state index contributed by atoms with van der Waals surface area (Å²) in [5, 5.41) is 3.18. The predicted octanol–water partition coefficient (Wildman–Crippen LogP) is 3.21. The van der Waals surface area contributed by atoms with Gasteiger partial charge in [-0.2, -0.15) is 4.31 Å². The number of benzene rings is 2. The smallest absolute Gasteiger partial charge is 0.243 e. The minimum atomic E-state index is -3.90.